The Hall–Kier alpha value is -1.42. The van der Waals surface area contributed by atoms with Crippen LogP contribution < -0.4 is 0 Å². The molecule has 0 saturated carbocycles. The van der Waals surface area contributed by atoms with Crippen molar-refractivity contribution < 1.29 is 4.39 Å². The fourth-order valence-electron chi connectivity index (χ4n) is 1.48. The summed E-state index contributed by atoms with van der Waals surface area (Å²) in [6.07, 6.45) is 1.70. The van der Waals surface area contributed by atoms with E-state index in [9.17, 15) is 4.39 Å². The van der Waals surface area contributed by atoms with Gasteiger partial charge in [-0.1, -0.05) is 6.07 Å². The number of rotatable bonds is 4. The molecule has 2 rings (SSSR count). The van der Waals surface area contributed by atoms with E-state index >= 15 is 0 Å². The van der Waals surface area contributed by atoms with Crippen molar-refractivity contribution in [3.05, 3.63) is 36.2 Å². The molecule has 2 aromatic heterocycles. The topological polar surface area (TPSA) is 30.7 Å². The number of halogens is 2. The molecule has 0 amide bonds. The number of pyridine rings is 1. The predicted molar refractivity (Wildman–Crippen MR) is 61.0 cm³/mol. The average molecular weight is 240 g/mol. The first kappa shape index (κ1) is 11.1. The van der Waals surface area contributed by atoms with Gasteiger partial charge in [-0.2, -0.15) is 5.10 Å². The molecule has 0 aliphatic heterocycles. The Labute approximate surface area is 97.9 Å². The molecule has 0 radical (unpaired) electrons. The van der Waals surface area contributed by atoms with E-state index in [0.29, 0.717) is 5.88 Å². The van der Waals surface area contributed by atoms with Crippen LogP contribution in [0, 0.1) is 0 Å². The van der Waals surface area contributed by atoms with Crippen LogP contribution in [0.1, 0.15) is 5.69 Å². The van der Waals surface area contributed by atoms with Crippen LogP contribution in [-0.4, -0.2) is 21.4 Å². The minimum atomic E-state index is -0.451. The second kappa shape index (κ2) is 5.07. The minimum Gasteiger partial charge on any atom is -0.265 e. The molecule has 0 atom stereocenters. The quantitative estimate of drug-likeness (QED) is 0.768. The van der Waals surface area contributed by atoms with Gasteiger partial charge in [0, 0.05) is 6.20 Å². The zero-order valence-corrected chi connectivity index (χ0v) is 9.36. The Kier molecular flexibility index (Phi) is 3.51. The van der Waals surface area contributed by atoms with Crippen LogP contribution in [0.25, 0.3) is 11.4 Å². The normalized spacial score (nSPS) is 10.6. The van der Waals surface area contributed by atoms with Gasteiger partial charge >= 0.3 is 0 Å². The van der Waals surface area contributed by atoms with Gasteiger partial charge in [0.25, 0.3) is 0 Å². The molecule has 0 fully saturated rings. The Morgan fingerprint density at radius 2 is 2.19 bits per heavy atom. The van der Waals surface area contributed by atoms with Crippen molar-refractivity contribution in [2.75, 3.05) is 6.67 Å². The van der Waals surface area contributed by atoms with Crippen LogP contribution in [-0.2, 0) is 12.4 Å². The molecule has 0 aliphatic carbocycles. The van der Waals surface area contributed by atoms with Crippen molar-refractivity contribution in [2.24, 2.45) is 0 Å². The highest BCUT2D eigenvalue weighted by Crippen LogP contribution is 2.17. The van der Waals surface area contributed by atoms with Crippen LogP contribution >= 0.6 is 11.6 Å². The van der Waals surface area contributed by atoms with Gasteiger partial charge in [0.2, 0.25) is 0 Å². The first-order valence-electron chi connectivity index (χ1n) is 4.95. The molecule has 0 spiro atoms. The van der Waals surface area contributed by atoms with Crippen molar-refractivity contribution in [1.82, 2.24) is 14.8 Å². The summed E-state index contributed by atoms with van der Waals surface area (Å²) in [7, 11) is 0. The summed E-state index contributed by atoms with van der Waals surface area (Å²) >= 11 is 5.76. The predicted octanol–water partition coefficient (Wildman–Crippen LogP) is 2.65. The molecule has 0 saturated heterocycles. The van der Waals surface area contributed by atoms with Crippen LogP contribution in [0.2, 0.25) is 0 Å². The van der Waals surface area contributed by atoms with Gasteiger partial charge in [0.1, 0.15) is 12.4 Å². The fraction of sp³-hybridized carbons (Fsp3) is 0.273. The molecule has 0 aromatic carbocycles. The van der Waals surface area contributed by atoms with Crippen LogP contribution in [0.4, 0.5) is 4.39 Å². The number of hydrogen-bond donors (Lipinski definition) is 0. The maximum atomic E-state index is 12.3. The molecule has 0 bridgehead atoms. The number of aromatic nitrogens is 3. The zero-order valence-electron chi connectivity index (χ0n) is 8.61. The Morgan fingerprint density at radius 3 is 2.81 bits per heavy atom. The zero-order chi connectivity index (χ0) is 11.4. The third-order valence-corrected chi connectivity index (χ3v) is 2.50. The molecule has 0 aliphatic rings. The van der Waals surface area contributed by atoms with E-state index in [0.717, 1.165) is 17.1 Å². The molecule has 0 unspecified atom stereocenters. The van der Waals surface area contributed by atoms with Crippen LogP contribution in [0.3, 0.4) is 0 Å². The number of alkyl halides is 2. The van der Waals surface area contributed by atoms with Gasteiger partial charge in [0.05, 0.1) is 23.8 Å². The van der Waals surface area contributed by atoms with E-state index < -0.39 is 6.67 Å². The molecule has 3 nitrogen and oxygen atoms in total. The second-order valence-electron chi connectivity index (χ2n) is 3.28. The van der Waals surface area contributed by atoms with Crippen molar-refractivity contribution in [3.63, 3.8) is 0 Å². The first-order valence-corrected chi connectivity index (χ1v) is 5.48. The largest absolute Gasteiger partial charge is 0.265 e. The highest BCUT2D eigenvalue weighted by Gasteiger charge is 2.08. The van der Waals surface area contributed by atoms with E-state index in [1.165, 1.54) is 0 Å². The molecular weight excluding hydrogens is 229 g/mol. The van der Waals surface area contributed by atoms with E-state index in [2.05, 4.69) is 10.1 Å². The molecule has 5 heteroatoms. The van der Waals surface area contributed by atoms with E-state index in [1.54, 1.807) is 10.9 Å². The SMILES string of the molecule is FCCn1nc(-c2ccccn2)cc1CCl. The fourth-order valence-corrected chi connectivity index (χ4v) is 1.69. The summed E-state index contributed by atoms with van der Waals surface area (Å²) in [5, 5.41) is 4.27. The smallest absolute Gasteiger partial charge is 0.111 e. The van der Waals surface area contributed by atoms with Gasteiger partial charge in [-0.3, -0.25) is 9.67 Å². The highest BCUT2D eigenvalue weighted by atomic mass is 35.5. The summed E-state index contributed by atoms with van der Waals surface area (Å²) in [6, 6.07) is 7.42. The Balaban J connectivity index is 2.36. The third-order valence-electron chi connectivity index (χ3n) is 2.22. The second-order valence-corrected chi connectivity index (χ2v) is 3.55. The Morgan fingerprint density at radius 1 is 1.31 bits per heavy atom. The van der Waals surface area contributed by atoms with E-state index in [1.807, 2.05) is 24.3 Å². The Bertz CT molecular complexity index is 456. The lowest BCUT2D eigenvalue weighted by atomic mass is 10.2. The van der Waals surface area contributed by atoms with Crippen LogP contribution in [0.15, 0.2) is 30.5 Å². The molecule has 16 heavy (non-hydrogen) atoms. The standard InChI is InChI=1S/C11H11ClFN3/c12-8-9-7-11(15-16(9)6-4-13)10-3-1-2-5-14-10/h1-3,5,7H,4,6,8H2. The van der Waals surface area contributed by atoms with Crippen molar-refractivity contribution in [1.29, 1.82) is 0 Å². The summed E-state index contributed by atoms with van der Waals surface area (Å²) in [4.78, 5) is 4.19. The molecule has 0 N–H and O–H groups in total. The maximum absolute atomic E-state index is 12.3. The summed E-state index contributed by atoms with van der Waals surface area (Å²) in [5.74, 6) is 0.319. The number of hydrogen-bond acceptors (Lipinski definition) is 2. The first-order chi connectivity index (χ1) is 7.85. The van der Waals surface area contributed by atoms with Gasteiger partial charge in [0.15, 0.2) is 0 Å². The molecule has 2 aromatic rings. The van der Waals surface area contributed by atoms with Crippen molar-refractivity contribution in [3.8, 4) is 11.4 Å². The summed E-state index contributed by atoms with van der Waals surface area (Å²) in [5.41, 5.74) is 2.30. The minimum absolute atomic E-state index is 0.231. The number of aryl methyl sites for hydroxylation is 1. The lowest BCUT2D eigenvalue weighted by Crippen LogP contribution is -2.05. The lowest BCUT2D eigenvalue weighted by molar-refractivity contribution is 0.423. The van der Waals surface area contributed by atoms with Crippen molar-refractivity contribution in [2.45, 2.75) is 12.4 Å². The average Bonchev–Trinajstić information content (AvgIpc) is 2.74. The van der Waals surface area contributed by atoms with Crippen LogP contribution in [0.5, 0.6) is 0 Å². The van der Waals surface area contributed by atoms with E-state index in [4.69, 9.17) is 11.6 Å². The lowest BCUT2D eigenvalue weighted by Gasteiger charge is -2.00. The summed E-state index contributed by atoms with van der Waals surface area (Å²) < 4.78 is 13.9. The highest BCUT2D eigenvalue weighted by molar-refractivity contribution is 6.16. The van der Waals surface area contributed by atoms with Gasteiger partial charge in [-0.25, -0.2) is 4.39 Å². The van der Waals surface area contributed by atoms with Gasteiger partial charge in [-0.05, 0) is 18.2 Å². The molecule has 2 heterocycles. The maximum Gasteiger partial charge on any atom is 0.111 e. The molecular formula is C11H11ClFN3. The third kappa shape index (κ3) is 2.22. The molecule has 84 valence electrons. The summed E-state index contributed by atoms with van der Waals surface area (Å²) in [6.45, 7) is -0.220. The van der Waals surface area contributed by atoms with Gasteiger partial charge < -0.3 is 0 Å². The van der Waals surface area contributed by atoms with E-state index in [-0.39, 0.29) is 6.54 Å². The van der Waals surface area contributed by atoms with Gasteiger partial charge in [-0.15, -0.1) is 11.6 Å². The van der Waals surface area contributed by atoms with Crippen molar-refractivity contribution >= 4 is 11.6 Å². The monoisotopic (exact) mass is 239 g/mol. The number of nitrogens with zero attached hydrogens (tertiary/aromatic N) is 3.